The lowest BCUT2D eigenvalue weighted by molar-refractivity contribution is -0.105. The Morgan fingerprint density at radius 1 is 1.12 bits per heavy atom. The molecule has 1 amide bonds. The summed E-state index contributed by atoms with van der Waals surface area (Å²) in [5, 5.41) is 3.96. The smallest absolute Gasteiger partial charge is 0.211 e. The van der Waals surface area contributed by atoms with Gasteiger partial charge in [-0.2, -0.15) is 0 Å². The minimum absolute atomic E-state index is 0.462. The van der Waals surface area contributed by atoms with Gasteiger partial charge in [0.1, 0.15) is 0 Å². The number of anilines is 2. The normalized spacial score (nSPS) is 11.4. The molecule has 0 aliphatic rings. The summed E-state index contributed by atoms with van der Waals surface area (Å²) in [5.74, 6) is 0. The van der Waals surface area contributed by atoms with E-state index in [1.54, 1.807) is 0 Å². The van der Waals surface area contributed by atoms with Crippen molar-refractivity contribution < 1.29 is 4.79 Å². The molecule has 170 valence electrons. The largest absolute Gasteiger partial charge is 0.368 e. The fourth-order valence-electron chi connectivity index (χ4n) is 4.43. The van der Waals surface area contributed by atoms with Gasteiger partial charge in [-0.1, -0.05) is 50.1 Å². The summed E-state index contributed by atoms with van der Waals surface area (Å²) in [5.41, 5.74) is 15.0. The van der Waals surface area contributed by atoms with E-state index >= 15 is 0 Å². The highest BCUT2D eigenvalue weighted by Gasteiger charge is 2.19. The molecule has 0 atom stereocenters. The summed E-state index contributed by atoms with van der Waals surface area (Å²) >= 11 is 0. The number of aromatic amines is 1. The topological polar surface area (TPSA) is 74.2 Å². The zero-order chi connectivity index (χ0) is 23.1. The lowest BCUT2D eigenvalue weighted by atomic mass is 9.93. The first-order valence-corrected chi connectivity index (χ1v) is 11.6. The number of carbonyl (C=O) groups excluding carboxylic acids is 1. The Morgan fingerprint density at radius 3 is 2.62 bits per heavy atom. The number of amides is 1. The second-order valence-electron chi connectivity index (χ2n) is 8.28. The van der Waals surface area contributed by atoms with Crippen molar-refractivity contribution in [2.24, 2.45) is 5.73 Å². The van der Waals surface area contributed by atoms with Crippen LogP contribution in [0.4, 0.5) is 11.4 Å². The third-order valence-corrected chi connectivity index (χ3v) is 6.25. The van der Waals surface area contributed by atoms with Crippen molar-refractivity contribution in [3.8, 4) is 11.1 Å². The molecule has 0 bridgehead atoms. The van der Waals surface area contributed by atoms with Crippen molar-refractivity contribution in [3.63, 3.8) is 0 Å². The number of nitrogens with one attached hydrogen (secondary N) is 2. The van der Waals surface area contributed by atoms with Crippen LogP contribution in [-0.4, -0.2) is 24.5 Å². The third-order valence-electron chi connectivity index (χ3n) is 6.25. The van der Waals surface area contributed by atoms with E-state index in [-0.39, 0.29) is 0 Å². The predicted molar refractivity (Wildman–Crippen MR) is 137 cm³/mol. The first-order chi connectivity index (χ1) is 15.6. The summed E-state index contributed by atoms with van der Waals surface area (Å²) in [6.07, 6.45) is 8.61. The number of aromatic nitrogens is 1. The number of nitrogens with zero attached hydrogens (tertiary/aromatic N) is 1. The molecule has 2 aromatic carbocycles. The van der Waals surface area contributed by atoms with Crippen LogP contribution >= 0.6 is 0 Å². The van der Waals surface area contributed by atoms with Gasteiger partial charge in [0.25, 0.3) is 0 Å². The number of H-pyrrole nitrogens is 1. The van der Waals surface area contributed by atoms with E-state index < -0.39 is 0 Å². The van der Waals surface area contributed by atoms with Crippen LogP contribution in [-0.2, 0) is 11.3 Å². The van der Waals surface area contributed by atoms with Gasteiger partial charge in [0.15, 0.2) is 0 Å². The standard InChI is InChI=1S/C27H36N4O/c1-5-7-9-16-31(15-8-6-2)25-12-10-11-21(23(25)17-28)22-13-14-24(29-18-32)27-26(22)19(3)20(4)30-27/h6,8,10-14,18,30H,5,7,9,15-17,28H2,1-4H3,(H,29,32)/b8-6+. The number of hydrogen-bond donors (Lipinski definition) is 3. The van der Waals surface area contributed by atoms with E-state index in [4.69, 9.17) is 5.73 Å². The number of rotatable bonds is 11. The van der Waals surface area contributed by atoms with Crippen molar-refractivity contribution in [2.75, 3.05) is 23.3 Å². The second kappa shape index (κ2) is 11.0. The molecular formula is C27H36N4O. The van der Waals surface area contributed by atoms with Crippen molar-refractivity contribution in [1.82, 2.24) is 4.98 Å². The number of benzene rings is 2. The zero-order valence-corrected chi connectivity index (χ0v) is 19.8. The third kappa shape index (κ3) is 4.73. The highest BCUT2D eigenvalue weighted by atomic mass is 16.1. The molecule has 0 radical (unpaired) electrons. The Morgan fingerprint density at radius 2 is 1.94 bits per heavy atom. The number of unbranched alkanes of at least 4 members (excludes halogenated alkanes) is 2. The highest BCUT2D eigenvalue weighted by molar-refractivity contribution is 6.06. The summed E-state index contributed by atoms with van der Waals surface area (Å²) in [6.45, 7) is 10.8. The van der Waals surface area contributed by atoms with Crippen molar-refractivity contribution in [1.29, 1.82) is 0 Å². The molecule has 0 spiro atoms. The molecule has 0 fully saturated rings. The lowest BCUT2D eigenvalue weighted by Crippen LogP contribution is -2.26. The minimum Gasteiger partial charge on any atom is -0.368 e. The minimum atomic E-state index is 0.462. The van der Waals surface area contributed by atoms with Gasteiger partial charge in [-0.05, 0) is 61.6 Å². The van der Waals surface area contributed by atoms with Gasteiger partial charge in [0, 0.05) is 36.4 Å². The van der Waals surface area contributed by atoms with Crippen molar-refractivity contribution in [3.05, 3.63) is 59.3 Å². The van der Waals surface area contributed by atoms with E-state index in [0.29, 0.717) is 6.54 Å². The van der Waals surface area contributed by atoms with E-state index in [9.17, 15) is 4.79 Å². The van der Waals surface area contributed by atoms with Gasteiger partial charge in [-0.15, -0.1) is 0 Å². The number of allylic oxidation sites excluding steroid dienone is 1. The van der Waals surface area contributed by atoms with Crippen molar-refractivity contribution >= 4 is 28.7 Å². The fourth-order valence-corrected chi connectivity index (χ4v) is 4.43. The molecule has 5 heteroatoms. The maximum atomic E-state index is 11.1. The molecule has 0 saturated heterocycles. The van der Waals surface area contributed by atoms with E-state index in [1.165, 1.54) is 24.1 Å². The van der Waals surface area contributed by atoms with Crippen LogP contribution in [0.25, 0.3) is 22.0 Å². The molecule has 5 nitrogen and oxygen atoms in total. The molecule has 0 unspecified atom stereocenters. The molecule has 0 saturated carbocycles. The quantitative estimate of drug-likeness (QED) is 0.196. The Balaban J connectivity index is 2.18. The Bertz CT molecular complexity index is 1100. The van der Waals surface area contributed by atoms with Crippen LogP contribution in [0.3, 0.4) is 0 Å². The maximum Gasteiger partial charge on any atom is 0.211 e. The Labute approximate surface area is 191 Å². The van der Waals surface area contributed by atoms with Crippen molar-refractivity contribution in [2.45, 2.75) is 53.5 Å². The molecular weight excluding hydrogens is 396 g/mol. The maximum absolute atomic E-state index is 11.1. The summed E-state index contributed by atoms with van der Waals surface area (Å²) in [7, 11) is 0. The monoisotopic (exact) mass is 432 g/mol. The van der Waals surface area contributed by atoms with Crippen LogP contribution < -0.4 is 16.0 Å². The van der Waals surface area contributed by atoms with E-state index in [1.807, 2.05) is 6.07 Å². The zero-order valence-electron chi connectivity index (χ0n) is 19.8. The van der Waals surface area contributed by atoms with Crippen LogP contribution in [0.2, 0.25) is 0 Å². The number of hydrogen-bond acceptors (Lipinski definition) is 3. The van der Waals surface area contributed by atoms with Crippen LogP contribution in [0.1, 0.15) is 49.9 Å². The fraction of sp³-hybridized carbons (Fsp3) is 0.370. The van der Waals surface area contributed by atoms with E-state index in [2.05, 4.69) is 79.3 Å². The van der Waals surface area contributed by atoms with Crippen LogP contribution in [0, 0.1) is 13.8 Å². The summed E-state index contributed by atoms with van der Waals surface area (Å²) < 4.78 is 0. The summed E-state index contributed by atoms with van der Waals surface area (Å²) in [6, 6.07) is 10.5. The first kappa shape index (κ1) is 23.6. The number of nitrogens with two attached hydrogens (primary N) is 1. The van der Waals surface area contributed by atoms with Crippen LogP contribution in [0.5, 0.6) is 0 Å². The van der Waals surface area contributed by atoms with Crippen LogP contribution in [0.15, 0.2) is 42.5 Å². The van der Waals surface area contributed by atoms with Gasteiger partial charge < -0.3 is 20.9 Å². The highest BCUT2D eigenvalue weighted by Crippen LogP contribution is 2.40. The second-order valence-corrected chi connectivity index (χ2v) is 8.28. The molecule has 1 heterocycles. The Hall–Kier alpha value is -3.05. The molecule has 32 heavy (non-hydrogen) atoms. The SMILES string of the molecule is C/C=C/CN(CCCCC)c1cccc(-c2ccc(NC=O)c3[nH]c(C)c(C)c23)c1CN. The predicted octanol–water partition coefficient (Wildman–Crippen LogP) is 6.05. The van der Waals surface area contributed by atoms with Gasteiger partial charge in [0.05, 0.1) is 11.2 Å². The molecule has 4 N–H and O–H groups in total. The van der Waals surface area contributed by atoms with Gasteiger partial charge in [-0.25, -0.2) is 0 Å². The van der Waals surface area contributed by atoms with E-state index in [0.717, 1.165) is 64.9 Å². The van der Waals surface area contributed by atoms with Gasteiger partial charge in [-0.3, -0.25) is 4.79 Å². The number of fused-ring (bicyclic) bond motifs is 1. The average molecular weight is 433 g/mol. The number of aryl methyl sites for hydroxylation is 2. The molecule has 0 aliphatic carbocycles. The first-order valence-electron chi connectivity index (χ1n) is 11.6. The lowest BCUT2D eigenvalue weighted by Gasteiger charge is -2.27. The average Bonchev–Trinajstić information content (AvgIpc) is 3.11. The van der Waals surface area contributed by atoms with Gasteiger partial charge in [0.2, 0.25) is 6.41 Å². The molecule has 0 aliphatic heterocycles. The Kier molecular flexibility index (Phi) is 8.12. The van der Waals surface area contributed by atoms with Gasteiger partial charge >= 0.3 is 0 Å². The molecule has 1 aromatic heterocycles. The molecule has 3 rings (SSSR count). The number of carbonyl (C=O) groups is 1. The summed E-state index contributed by atoms with van der Waals surface area (Å²) in [4.78, 5) is 17.0. The molecule has 3 aromatic rings.